The zero-order valence-corrected chi connectivity index (χ0v) is 13.2. The van der Waals surface area contributed by atoms with Crippen molar-refractivity contribution in [3.8, 4) is 11.8 Å². The number of sulfonamides is 1. The second-order valence-corrected chi connectivity index (χ2v) is 6.96. The molecule has 0 amide bonds. The topological polar surface area (TPSA) is 92.7 Å². The third-order valence-corrected chi connectivity index (χ3v) is 4.85. The molecule has 0 radical (unpaired) electrons. The molecule has 0 saturated heterocycles. The van der Waals surface area contributed by atoms with Crippen LogP contribution in [0.25, 0.3) is 0 Å². The highest BCUT2D eigenvalue weighted by molar-refractivity contribution is 7.89. The quantitative estimate of drug-likeness (QED) is 0.559. The van der Waals surface area contributed by atoms with Crippen molar-refractivity contribution in [2.45, 2.75) is 19.4 Å². The van der Waals surface area contributed by atoms with Crippen LogP contribution < -0.4 is 4.72 Å². The Hall–Kier alpha value is -1.40. The molecule has 0 saturated carbocycles. The van der Waals surface area contributed by atoms with Crippen LogP contribution in [0.15, 0.2) is 11.4 Å². The maximum atomic E-state index is 11.8. The van der Waals surface area contributed by atoms with E-state index in [2.05, 4.69) is 21.3 Å². The van der Waals surface area contributed by atoms with Crippen molar-refractivity contribution < 1.29 is 23.1 Å². The number of nitrogens with one attached hydrogen (secondary N) is 1. The van der Waals surface area contributed by atoms with E-state index >= 15 is 0 Å². The molecule has 0 aliphatic rings. The lowest BCUT2D eigenvalue weighted by Gasteiger charge is -2.05. The third-order valence-electron chi connectivity index (χ3n) is 2.52. The fourth-order valence-corrected chi connectivity index (χ4v) is 3.37. The maximum absolute atomic E-state index is 11.8. The normalized spacial score (nSPS) is 10.8. The van der Waals surface area contributed by atoms with Crippen LogP contribution in [0.3, 0.4) is 0 Å². The van der Waals surface area contributed by atoms with Gasteiger partial charge in [-0.05, 0) is 17.9 Å². The smallest absolute Gasteiger partial charge is 0.305 e. The Morgan fingerprint density at radius 3 is 2.95 bits per heavy atom. The Labute approximate surface area is 128 Å². The second kappa shape index (κ2) is 8.79. The van der Waals surface area contributed by atoms with Crippen LogP contribution in [0.2, 0.25) is 0 Å². The Morgan fingerprint density at radius 2 is 2.29 bits per heavy atom. The number of aliphatic hydroxyl groups is 1. The number of thiophene rings is 1. The summed E-state index contributed by atoms with van der Waals surface area (Å²) in [4.78, 5) is 11.7. The van der Waals surface area contributed by atoms with E-state index < -0.39 is 16.0 Å². The molecule has 0 aliphatic heterocycles. The molecule has 1 aromatic rings. The Morgan fingerprint density at radius 1 is 1.52 bits per heavy atom. The SMILES string of the molecule is COC(=O)CCCS(=O)(=O)NCc1sccc1C#CCO. The first kappa shape index (κ1) is 17.7. The minimum atomic E-state index is -3.45. The largest absolute Gasteiger partial charge is 0.469 e. The van der Waals surface area contributed by atoms with Gasteiger partial charge in [-0.25, -0.2) is 13.1 Å². The van der Waals surface area contributed by atoms with Gasteiger partial charge in [0.15, 0.2) is 0 Å². The van der Waals surface area contributed by atoms with Crippen molar-refractivity contribution in [1.29, 1.82) is 0 Å². The van der Waals surface area contributed by atoms with Crippen molar-refractivity contribution >= 4 is 27.3 Å². The zero-order valence-electron chi connectivity index (χ0n) is 11.6. The van der Waals surface area contributed by atoms with Gasteiger partial charge in [-0.15, -0.1) is 11.3 Å². The van der Waals surface area contributed by atoms with Gasteiger partial charge in [0.1, 0.15) is 6.61 Å². The molecule has 0 spiro atoms. The van der Waals surface area contributed by atoms with E-state index in [1.54, 1.807) is 6.07 Å². The minimum Gasteiger partial charge on any atom is -0.469 e. The lowest BCUT2D eigenvalue weighted by molar-refractivity contribution is -0.140. The molecule has 0 aromatic carbocycles. The molecule has 0 aliphatic carbocycles. The van der Waals surface area contributed by atoms with Crippen molar-refractivity contribution in [3.05, 3.63) is 21.9 Å². The van der Waals surface area contributed by atoms with Crippen LogP contribution in [0.5, 0.6) is 0 Å². The fraction of sp³-hybridized carbons (Fsp3) is 0.462. The van der Waals surface area contributed by atoms with Crippen LogP contribution in [-0.2, 0) is 26.1 Å². The van der Waals surface area contributed by atoms with E-state index in [0.717, 1.165) is 4.88 Å². The summed E-state index contributed by atoms with van der Waals surface area (Å²) in [5.74, 6) is 4.72. The number of carbonyl (C=O) groups excluding carboxylic acids is 1. The van der Waals surface area contributed by atoms with Crippen LogP contribution >= 0.6 is 11.3 Å². The summed E-state index contributed by atoms with van der Waals surface area (Å²) in [6.07, 6.45) is 0.285. The van der Waals surface area contributed by atoms with E-state index in [0.29, 0.717) is 5.56 Å². The summed E-state index contributed by atoms with van der Waals surface area (Å²) in [6.45, 7) is -0.0950. The maximum Gasteiger partial charge on any atom is 0.305 e. The third kappa shape index (κ3) is 6.73. The average Bonchev–Trinajstić information content (AvgIpc) is 2.90. The van der Waals surface area contributed by atoms with Gasteiger partial charge in [-0.2, -0.15) is 0 Å². The molecule has 21 heavy (non-hydrogen) atoms. The lowest BCUT2D eigenvalue weighted by atomic mass is 10.2. The highest BCUT2D eigenvalue weighted by Crippen LogP contribution is 2.15. The average molecular weight is 331 g/mol. The lowest BCUT2D eigenvalue weighted by Crippen LogP contribution is -2.26. The van der Waals surface area contributed by atoms with Gasteiger partial charge in [0, 0.05) is 23.4 Å². The van der Waals surface area contributed by atoms with E-state index in [1.807, 2.05) is 5.38 Å². The summed E-state index contributed by atoms with van der Waals surface area (Å²) >= 11 is 1.39. The van der Waals surface area contributed by atoms with Crippen LogP contribution in [0, 0.1) is 11.8 Å². The van der Waals surface area contributed by atoms with Crippen LogP contribution in [-0.4, -0.2) is 39.0 Å². The Kier molecular flexibility index (Phi) is 7.39. The van der Waals surface area contributed by atoms with Crippen LogP contribution in [0.4, 0.5) is 0 Å². The number of ether oxygens (including phenoxy) is 1. The standard InChI is InChI=1S/C13H17NO5S2/c1-19-13(16)5-3-9-21(17,18)14-10-12-11(4-2-7-15)6-8-20-12/h6,8,14-15H,3,5,7,9-10H2,1H3. The molecule has 116 valence electrons. The molecule has 2 N–H and O–H groups in total. The zero-order chi connectivity index (χ0) is 15.7. The molecule has 0 unspecified atom stereocenters. The molecule has 8 heteroatoms. The number of methoxy groups -OCH3 is 1. The van der Waals surface area contributed by atoms with Gasteiger partial charge in [-0.1, -0.05) is 11.8 Å². The Bertz CT molecular complexity index is 624. The summed E-state index contributed by atoms with van der Waals surface area (Å²) in [5, 5.41) is 10.5. The first-order valence-corrected chi connectivity index (χ1v) is 8.72. The molecule has 6 nitrogen and oxygen atoms in total. The predicted molar refractivity (Wildman–Crippen MR) is 80.2 cm³/mol. The van der Waals surface area contributed by atoms with Gasteiger partial charge >= 0.3 is 5.97 Å². The Balaban J connectivity index is 2.50. The number of aliphatic hydroxyl groups excluding tert-OH is 1. The minimum absolute atomic E-state index is 0.0731. The number of esters is 1. The molecule has 1 rings (SSSR count). The van der Waals surface area contributed by atoms with Crippen molar-refractivity contribution in [3.63, 3.8) is 0 Å². The number of hydrogen-bond acceptors (Lipinski definition) is 6. The van der Waals surface area contributed by atoms with Gasteiger partial charge in [0.2, 0.25) is 10.0 Å². The number of rotatable bonds is 7. The van der Waals surface area contributed by atoms with E-state index in [-0.39, 0.29) is 31.7 Å². The van der Waals surface area contributed by atoms with Crippen LogP contribution in [0.1, 0.15) is 23.3 Å². The summed E-state index contributed by atoms with van der Waals surface area (Å²) < 4.78 is 30.5. The number of carbonyl (C=O) groups is 1. The molecule has 1 aromatic heterocycles. The molecule has 0 bridgehead atoms. The van der Waals surface area contributed by atoms with Gasteiger partial charge in [0.05, 0.1) is 12.9 Å². The number of hydrogen-bond donors (Lipinski definition) is 2. The summed E-state index contributed by atoms with van der Waals surface area (Å²) in [6, 6.07) is 1.77. The van der Waals surface area contributed by atoms with E-state index in [4.69, 9.17) is 5.11 Å². The molecular formula is C13H17NO5S2. The first-order chi connectivity index (χ1) is 9.98. The first-order valence-electron chi connectivity index (χ1n) is 6.18. The molecule has 0 fully saturated rings. The van der Waals surface area contributed by atoms with E-state index in [1.165, 1.54) is 18.4 Å². The molecule has 1 heterocycles. The highest BCUT2D eigenvalue weighted by atomic mass is 32.2. The van der Waals surface area contributed by atoms with Gasteiger partial charge in [-0.3, -0.25) is 4.79 Å². The van der Waals surface area contributed by atoms with Crippen molar-refractivity contribution in [1.82, 2.24) is 4.72 Å². The van der Waals surface area contributed by atoms with E-state index in [9.17, 15) is 13.2 Å². The highest BCUT2D eigenvalue weighted by Gasteiger charge is 2.13. The summed E-state index contributed by atoms with van der Waals surface area (Å²) in [7, 11) is -2.18. The van der Waals surface area contributed by atoms with Gasteiger partial charge in [0.25, 0.3) is 0 Å². The second-order valence-electron chi connectivity index (χ2n) is 4.04. The molecule has 0 atom stereocenters. The monoisotopic (exact) mass is 331 g/mol. The summed E-state index contributed by atoms with van der Waals surface area (Å²) in [5.41, 5.74) is 0.700. The van der Waals surface area contributed by atoms with Gasteiger partial charge < -0.3 is 9.84 Å². The molecular weight excluding hydrogens is 314 g/mol. The van der Waals surface area contributed by atoms with Crippen molar-refractivity contribution in [2.75, 3.05) is 19.5 Å². The predicted octanol–water partition coefficient (Wildman–Crippen LogP) is 0.464. The fourth-order valence-electron chi connectivity index (χ4n) is 1.48. The van der Waals surface area contributed by atoms with Crippen molar-refractivity contribution in [2.24, 2.45) is 0 Å².